The van der Waals surface area contributed by atoms with Crippen molar-refractivity contribution in [1.29, 1.82) is 0 Å². The molecule has 184 valence electrons. The minimum absolute atomic E-state index is 0. The lowest BCUT2D eigenvalue weighted by Crippen LogP contribution is -3.22. The number of likely N-dealkylation sites (N-methyl/N-ethyl adjacent to an activating group) is 2. The first-order valence-corrected chi connectivity index (χ1v) is 8.14. The fraction of sp³-hybridized carbons (Fsp3) is 0.778. The van der Waals surface area contributed by atoms with Gasteiger partial charge >= 0.3 is 0 Å². The van der Waals surface area contributed by atoms with E-state index in [0.717, 1.165) is 0 Å². The maximum absolute atomic E-state index is 11.6. The molecule has 0 saturated carbocycles. The van der Waals surface area contributed by atoms with Gasteiger partial charge in [0.1, 0.15) is 26.2 Å². The fourth-order valence-corrected chi connectivity index (χ4v) is 2.04. The number of carboxylic acid groups (broad SMARTS) is 2. The van der Waals surface area contributed by atoms with Crippen LogP contribution in [0.4, 0.5) is 0 Å². The third kappa shape index (κ3) is 27.9. The molecule has 0 saturated heterocycles. The van der Waals surface area contributed by atoms with E-state index in [4.69, 9.17) is 0 Å². The lowest BCUT2D eigenvalue weighted by atomic mass is 10.3. The highest BCUT2D eigenvalue weighted by Gasteiger charge is 2.19. The van der Waals surface area contributed by atoms with Gasteiger partial charge in [-0.05, 0) is 6.92 Å². The maximum atomic E-state index is 11.6. The van der Waals surface area contributed by atoms with Crippen LogP contribution in [-0.4, -0.2) is 83.3 Å². The average molecular weight is 443 g/mol. The fourth-order valence-electron chi connectivity index (χ4n) is 2.04. The smallest absolute Gasteiger partial charge is 0.275 e. The molecule has 0 rings (SSSR count). The minimum atomic E-state index is -1.31. The number of hydrogen-bond acceptors (Lipinski definition) is 8. The van der Waals surface area contributed by atoms with Crippen molar-refractivity contribution in [3.63, 3.8) is 0 Å². The van der Waals surface area contributed by atoms with Crippen molar-refractivity contribution in [3.05, 3.63) is 0 Å². The van der Waals surface area contributed by atoms with Crippen LogP contribution in [0.2, 0.25) is 0 Å². The SMILES string of the molecule is C.C.C.C.CCNC(=O)C[NH+](CC[NH+](CC(=O)[O-])CC(=O)NC)CC(=O)[O-].NCN. The van der Waals surface area contributed by atoms with Crippen molar-refractivity contribution in [1.82, 2.24) is 10.6 Å². The van der Waals surface area contributed by atoms with E-state index < -0.39 is 11.9 Å². The lowest BCUT2D eigenvalue weighted by Gasteiger charge is -2.23. The Labute approximate surface area is 182 Å². The molecule has 0 spiro atoms. The Balaban J connectivity index is -0.000000193. The average Bonchev–Trinajstić information content (AvgIpc) is 2.52. The zero-order valence-electron chi connectivity index (χ0n) is 15.3. The van der Waals surface area contributed by atoms with Gasteiger partial charge in [0.2, 0.25) is 0 Å². The molecule has 0 aliphatic rings. The predicted octanol–water partition coefficient (Wildman–Crippen LogP) is -6.46. The Bertz CT molecular complexity index is 451. The zero-order chi connectivity index (χ0) is 20.5. The van der Waals surface area contributed by atoms with Crippen LogP contribution in [0.25, 0.3) is 0 Å². The Hall–Kier alpha value is -2.28. The van der Waals surface area contributed by atoms with E-state index in [1.54, 1.807) is 6.92 Å². The monoisotopic (exact) mass is 442 g/mol. The number of nitrogens with two attached hydrogens (primary N) is 2. The lowest BCUT2D eigenvalue weighted by molar-refractivity contribution is -0.944. The molecule has 2 atom stereocenters. The number of nitrogens with one attached hydrogen (secondary N) is 4. The molecule has 0 aromatic rings. The molecule has 2 unspecified atom stereocenters. The number of hydrogen-bond donors (Lipinski definition) is 6. The van der Waals surface area contributed by atoms with Gasteiger partial charge in [-0.25, -0.2) is 0 Å². The normalized spacial score (nSPS) is 10.5. The molecular formula is C18H46N6O6. The van der Waals surface area contributed by atoms with Crippen molar-refractivity contribution in [3.8, 4) is 0 Å². The summed E-state index contributed by atoms with van der Waals surface area (Å²) in [6.45, 7) is 1.91. The topological polar surface area (TPSA) is 199 Å². The number of carboxylic acids is 2. The summed E-state index contributed by atoms with van der Waals surface area (Å²) in [5.74, 6) is -3.27. The molecular weight excluding hydrogens is 396 g/mol. The van der Waals surface area contributed by atoms with Gasteiger partial charge in [0.25, 0.3) is 11.8 Å². The first-order valence-electron chi connectivity index (χ1n) is 8.14. The van der Waals surface area contributed by atoms with Crippen LogP contribution in [0.5, 0.6) is 0 Å². The summed E-state index contributed by atoms with van der Waals surface area (Å²) < 4.78 is 0. The van der Waals surface area contributed by atoms with E-state index in [-0.39, 0.29) is 87.5 Å². The van der Waals surface area contributed by atoms with Crippen molar-refractivity contribution in [2.24, 2.45) is 11.5 Å². The first kappa shape index (κ1) is 42.0. The molecule has 30 heavy (non-hydrogen) atoms. The van der Waals surface area contributed by atoms with Crippen LogP contribution in [0.3, 0.4) is 0 Å². The van der Waals surface area contributed by atoms with Crippen molar-refractivity contribution < 1.29 is 39.2 Å². The maximum Gasteiger partial charge on any atom is 0.275 e. The van der Waals surface area contributed by atoms with E-state index in [9.17, 15) is 29.4 Å². The van der Waals surface area contributed by atoms with Crippen molar-refractivity contribution in [2.75, 3.05) is 59.5 Å². The molecule has 0 aliphatic carbocycles. The Kier molecular flexibility index (Phi) is 37.4. The molecule has 0 aliphatic heterocycles. The highest BCUT2D eigenvalue weighted by Crippen LogP contribution is 1.62. The molecule has 0 fully saturated rings. The minimum Gasteiger partial charge on any atom is -0.544 e. The number of quaternary nitrogens is 2. The second-order valence-corrected chi connectivity index (χ2v) is 5.31. The second kappa shape index (κ2) is 26.7. The van der Waals surface area contributed by atoms with E-state index in [1.165, 1.54) is 7.05 Å². The molecule has 0 radical (unpaired) electrons. The van der Waals surface area contributed by atoms with Crippen LogP contribution in [0.1, 0.15) is 36.6 Å². The molecule has 12 heteroatoms. The summed E-state index contributed by atoms with van der Waals surface area (Å²) >= 11 is 0. The molecule has 0 aromatic carbocycles. The van der Waals surface area contributed by atoms with E-state index in [0.29, 0.717) is 16.3 Å². The van der Waals surface area contributed by atoms with Crippen molar-refractivity contribution in [2.45, 2.75) is 36.6 Å². The van der Waals surface area contributed by atoms with Gasteiger partial charge in [0, 0.05) is 20.3 Å². The molecule has 12 nitrogen and oxygen atoms in total. The standard InChI is InChI=1S/C13H24N4O6.CH6N2.4CH4/c1-3-15-11(19)7-17(9-13(22)23)5-4-16(8-12(20)21)6-10(18)14-2;2-1-3;;;;/h3-9H2,1-2H3,(H,14,18)(H,15,19)(H,20,21)(H,22,23);1-3H2;4*1H4. The van der Waals surface area contributed by atoms with Crippen LogP contribution in [-0.2, 0) is 19.2 Å². The largest absolute Gasteiger partial charge is 0.544 e. The molecule has 2 amide bonds. The highest BCUT2D eigenvalue weighted by atomic mass is 16.4. The quantitative estimate of drug-likeness (QED) is 0.160. The van der Waals surface area contributed by atoms with E-state index in [1.807, 2.05) is 0 Å². The van der Waals surface area contributed by atoms with Crippen LogP contribution >= 0.6 is 0 Å². The Morgan fingerprint density at radius 3 is 1.37 bits per heavy atom. The zero-order valence-corrected chi connectivity index (χ0v) is 15.3. The third-order valence-corrected chi connectivity index (χ3v) is 3.09. The van der Waals surface area contributed by atoms with Gasteiger partial charge in [-0.2, -0.15) is 0 Å². The Morgan fingerprint density at radius 2 is 1.10 bits per heavy atom. The summed E-state index contributed by atoms with van der Waals surface area (Å²) in [5, 5.41) is 26.4. The van der Waals surface area contributed by atoms with Crippen molar-refractivity contribution >= 4 is 23.8 Å². The van der Waals surface area contributed by atoms with Crippen LogP contribution < -0.4 is 42.1 Å². The number of carbonyl (C=O) groups excluding carboxylic acids is 4. The van der Waals surface area contributed by atoms with Gasteiger partial charge in [-0.3, -0.25) is 9.59 Å². The Morgan fingerprint density at radius 1 is 0.767 bits per heavy atom. The predicted molar refractivity (Wildman–Crippen MR) is 114 cm³/mol. The van der Waals surface area contributed by atoms with Crippen LogP contribution in [0.15, 0.2) is 0 Å². The molecule has 0 bridgehead atoms. The van der Waals surface area contributed by atoms with E-state index >= 15 is 0 Å². The van der Waals surface area contributed by atoms with Gasteiger partial charge in [0.15, 0.2) is 13.1 Å². The summed E-state index contributed by atoms with van der Waals surface area (Å²) in [6.07, 6.45) is 0. The molecule has 0 heterocycles. The van der Waals surface area contributed by atoms with Gasteiger partial charge in [0.05, 0.1) is 11.9 Å². The number of rotatable bonds is 12. The van der Waals surface area contributed by atoms with Gasteiger partial charge in [-0.15, -0.1) is 0 Å². The number of aliphatic carboxylic acids is 2. The number of carbonyl (C=O) groups is 4. The third-order valence-electron chi connectivity index (χ3n) is 3.09. The summed E-state index contributed by atoms with van der Waals surface area (Å²) in [6, 6.07) is 0. The summed E-state index contributed by atoms with van der Waals surface area (Å²) in [5.41, 5.74) is 9.25. The summed E-state index contributed by atoms with van der Waals surface area (Å²) in [7, 11) is 1.43. The summed E-state index contributed by atoms with van der Waals surface area (Å²) in [4.78, 5) is 45.2. The van der Waals surface area contributed by atoms with Gasteiger partial charge < -0.3 is 51.7 Å². The first-order chi connectivity index (χ1) is 12.2. The highest BCUT2D eigenvalue weighted by molar-refractivity contribution is 5.77. The molecule has 8 N–H and O–H groups in total. The second-order valence-electron chi connectivity index (χ2n) is 5.31. The van der Waals surface area contributed by atoms with E-state index in [2.05, 4.69) is 22.1 Å². The number of amides is 2. The molecule has 0 aromatic heterocycles. The van der Waals surface area contributed by atoms with Crippen LogP contribution in [0, 0.1) is 0 Å². The van der Waals surface area contributed by atoms with Gasteiger partial charge in [-0.1, -0.05) is 29.7 Å².